The zero-order valence-electron chi connectivity index (χ0n) is 13.3. The van der Waals surface area contributed by atoms with Crippen LogP contribution in [0.3, 0.4) is 0 Å². The number of aromatic hydroxyl groups is 1. The number of fused-ring (bicyclic) bond motifs is 4. The molecule has 0 heterocycles. The Morgan fingerprint density at radius 3 is 2.67 bits per heavy atom. The number of hydrogen-bond acceptors (Lipinski definition) is 5. The largest absolute Gasteiger partial charge is 0.507 e. The van der Waals surface area contributed by atoms with Crippen molar-refractivity contribution in [2.24, 2.45) is 17.8 Å². The lowest BCUT2D eigenvalue weighted by atomic mass is 9.54. The highest BCUT2D eigenvalue weighted by Gasteiger charge is 2.59. The average molecular weight is 326 g/mol. The van der Waals surface area contributed by atoms with E-state index in [1.807, 2.05) is 0 Å². The minimum Gasteiger partial charge on any atom is -0.507 e. The first-order chi connectivity index (χ1) is 11.3. The van der Waals surface area contributed by atoms with Crippen molar-refractivity contribution in [3.8, 4) is 5.75 Å². The van der Waals surface area contributed by atoms with E-state index in [4.69, 9.17) is 0 Å². The van der Waals surface area contributed by atoms with Gasteiger partial charge >= 0.3 is 0 Å². The van der Waals surface area contributed by atoms with Crippen LogP contribution in [0.5, 0.6) is 5.75 Å². The van der Waals surface area contributed by atoms with E-state index < -0.39 is 23.4 Å². The molecule has 0 saturated heterocycles. The third kappa shape index (κ3) is 1.88. The van der Waals surface area contributed by atoms with Crippen LogP contribution in [0.1, 0.15) is 46.9 Å². The molecule has 0 aromatic heterocycles. The van der Waals surface area contributed by atoms with Crippen LogP contribution < -0.4 is 0 Å². The Balaban J connectivity index is 1.88. The Hall–Kier alpha value is -2.27. The summed E-state index contributed by atoms with van der Waals surface area (Å²) in [6, 6.07) is 4.41. The van der Waals surface area contributed by atoms with E-state index in [-0.39, 0.29) is 34.2 Å². The molecule has 24 heavy (non-hydrogen) atoms. The molecule has 4 atom stereocenters. The van der Waals surface area contributed by atoms with Crippen molar-refractivity contribution < 1.29 is 24.6 Å². The zero-order chi connectivity index (χ0) is 17.2. The van der Waals surface area contributed by atoms with Crippen LogP contribution in [-0.4, -0.2) is 33.2 Å². The van der Waals surface area contributed by atoms with Gasteiger partial charge in [-0.05, 0) is 38.3 Å². The standard InChI is InChI=1S/C19H18O5/c1-9-7-13(21)16-15-11(5-6-19(16,24)8-9)17(22)14-10(18(15)23)3-2-4-12(14)20/h2-4,7,11,15-16,20,24H,5-6,8H2,1H3/t11-,15-,16+,19-/m0/s1. The molecule has 2 N–H and O–H groups in total. The van der Waals surface area contributed by atoms with Crippen LogP contribution in [0.2, 0.25) is 0 Å². The molecular weight excluding hydrogens is 308 g/mol. The molecule has 0 radical (unpaired) electrons. The summed E-state index contributed by atoms with van der Waals surface area (Å²) in [5.41, 5.74) is -0.250. The van der Waals surface area contributed by atoms with E-state index in [1.54, 1.807) is 6.92 Å². The molecule has 3 aliphatic rings. The van der Waals surface area contributed by atoms with E-state index in [0.717, 1.165) is 5.57 Å². The van der Waals surface area contributed by atoms with Gasteiger partial charge in [0.1, 0.15) is 5.75 Å². The molecule has 0 bridgehead atoms. The lowest BCUT2D eigenvalue weighted by Gasteiger charge is -2.49. The number of Topliss-reactive ketones (excluding diaryl/α,β-unsaturated/α-hetero) is 2. The maximum atomic E-state index is 13.0. The molecule has 0 aliphatic heterocycles. The van der Waals surface area contributed by atoms with Gasteiger partial charge in [-0.3, -0.25) is 14.4 Å². The van der Waals surface area contributed by atoms with Gasteiger partial charge in [0.2, 0.25) is 0 Å². The Morgan fingerprint density at radius 1 is 1.17 bits per heavy atom. The number of allylic oxidation sites excluding steroid dienone is 1. The van der Waals surface area contributed by atoms with Gasteiger partial charge < -0.3 is 10.2 Å². The summed E-state index contributed by atoms with van der Waals surface area (Å²) in [6.45, 7) is 1.79. The molecule has 3 aliphatic carbocycles. The van der Waals surface area contributed by atoms with E-state index in [9.17, 15) is 24.6 Å². The van der Waals surface area contributed by atoms with Crippen LogP contribution in [0, 0.1) is 17.8 Å². The number of hydrogen-bond donors (Lipinski definition) is 2. The summed E-state index contributed by atoms with van der Waals surface area (Å²) in [5.74, 6) is -3.48. The zero-order valence-corrected chi connectivity index (χ0v) is 13.3. The lowest BCUT2D eigenvalue weighted by Crippen LogP contribution is -2.58. The summed E-state index contributed by atoms with van der Waals surface area (Å²) in [4.78, 5) is 38.5. The summed E-state index contributed by atoms with van der Waals surface area (Å²) in [7, 11) is 0. The quantitative estimate of drug-likeness (QED) is 0.761. The maximum absolute atomic E-state index is 13.0. The lowest BCUT2D eigenvalue weighted by molar-refractivity contribution is -0.139. The van der Waals surface area contributed by atoms with E-state index in [0.29, 0.717) is 19.3 Å². The van der Waals surface area contributed by atoms with Gasteiger partial charge in [-0.1, -0.05) is 17.7 Å². The number of benzene rings is 1. The summed E-state index contributed by atoms with van der Waals surface area (Å²) >= 11 is 0. The summed E-state index contributed by atoms with van der Waals surface area (Å²) in [6.07, 6.45) is 2.48. The molecule has 1 aromatic carbocycles. The highest BCUT2D eigenvalue weighted by Crippen LogP contribution is 2.51. The normalized spacial score (nSPS) is 35.0. The van der Waals surface area contributed by atoms with Gasteiger partial charge in [0, 0.05) is 17.4 Å². The first kappa shape index (κ1) is 15.3. The predicted molar refractivity (Wildman–Crippen MR) is 84.8 cm³/mol. The van der Waals surface area contributed by atoms with Crippen molar-refractivity contribution in [1.82, 2.24) is 0 Å². The maximum Gasteiger partial charge on any atom is 0.171 e. The smallest absolute Gasteiger partial charge is 0.171 e. The van der Waals surface area contributed by atoms with Crippen LogP contribution in [0.25, 0.3) is 0 Å². The molecule has 0 spiro atoms. The first-order valence-electron chi connectivity index (χ1n) is 8.17. The van der Waals surface area contributed by atoms with Crippen LogP contribution in [0.4, 0.5) is 0 Å². The van der Waals surface area contributed by atoms with Crippen molar-refractivity contribution in [2.75, 3.05) is 0 Å². The van der Waals surface area contributed by atoms with Gasteiger partial charge in [-0.25, -0.2) is 0 Å². The Bertz CT molecular complexity index is 821. The topological polar surface area (TPSA) is 91.7 Å². The second kappa shape index (κ2) is 4.86. The third-order valence-electron chi connectivity index (χ3n) is 5.73. The Morgan fingerprint density at radius 2 is 1.92 bits per heavy atom. The molecule has 124 valence electrons. The second-order valence-corrected chi connectivity index (χ2v) is 7.25. The number of phenols is 1. The van der Waals surface area contributed by atoms with Crippen LogP contribution in [0.15, 0.2) is 29.8 Å². The fourth-order valence-corrected chi connectivity index (χ4v) is 4.81. The summed E-state index contributed by atoms with van der Waals surface area (Å²) in [5, 5.41) is 21.0. The van der Waals surface area contributed by atoms with E-state index in [1.165, 1.54) is 24.3 Å². The minimum atomic E-state index is -1.26. The fraction of sp³-hybridized carbons (Fsp3) is 0.421. The Kier molecular flexibility index (Phi) is 3.09. The van der Waals surface area contributed by atoms with E-state index in [2.05, 4.69) is 0 Å². The fourth-order valence-electron chi connectivity index (χ4n) is 4.81. The third-order valence-corrected chi connectivity index (χ3v) is 5.73. The van der Waals surface area contributed by atoms with Gasteiger partial charge in [0.15, 0.2) is 17.3 Å². The molecule has 0 amide bonds. The van der Waals surface area contributed by atoms with Gasteiger partial charge in [-0.2, -0.15) is 0 Å². The van der Waals surface area contributed by atoms with Crippen molar-refractivity contribution >= 4 is 17.3 Å². The van der Waals surface area contributed by atoms with Crippen molar-refractivity contribution in [3.05, 3.63) is 41.0 Å². The second-order valence-electron chi connectivity index (χ2n) is 7.25. The van der Waals surface area contributed by atoms with Crippen molar-refractivity contribution in [1.29, 1.82) is 0 Å². The van der Waals surface area contributed by atoms with Gasteiger partial charge in [0.05, 0.1) is 17.1 Å². The van der Waals surface area contributed by atoms with E-state index >= 15 is 0 Å². The highest BCUT2D eigenvalue weighted by atomic mass is 16.3. The molecule has 1 fully saturated rings. The molecular formula is C19H18O5. The molecule has 4 rings (SSSR count). The molecule has 5 heteroatoms. The number of carbonyl (C=O) groups excluding carboxylic acids is 3. The minimum absolute atomic E-state index is 0.0594. The average Bonchev–Trinajstić information content (AvgIpc) is 2.50. The predicted octanol–water partition coefficient (Wildman–Crippen LogP) is 2.06. The Labute approximate surface area is 139 Å². The number of aliphatic hydroxyl groups is 1. The number of carbonyl (C=O) groups is 3. The summed E-state index contributed by atoms with van der Waals surface area (Å²) < 4.78 is 0. The van der Waals surface area contributed by atoms with Crippen LogP contribution >= 0.6 is 0 Å². The molecule has 0 unspecified atom stereocenters. The molecule has 5 nitrogen and oxygen atoms in total. The monoisotopic (exact) mass is 326 g/mol. The number of phenolic OH excluding ortho intramolecular Hbond substituents is 1. The molecule has 1 saturated carbocycles. The highest BCUT2D eigenvalue weighted by molar-refractivity contribution is 6.19. The molecule has 1 aromatic rings. The first-order valence-corrected chi connectivity index (χ1v) is 8.17. The van der Waals surface area contributed by atoms with Crippen molar-refractivity contribution in [2.45, 2.75) is 31.8 Å². The number of rotatable bonds is 0. The van der Waals surface area contributed by atoms with Crippen molar-refractivity contribution in [3.63, 3.8) is 0 Å². The van der Waals surface area contributed by atoms with Gasteiger partial charge in [0.25, 0.3) is 0 Å². The number of ketones is 3. The van der Waals surface area contributed by atoms with Crippen LogP contribution in [-0.2, 0) is 4.79 Å². The SMILES string of the molecule is CC1=CC(=O)[C@@H]2[C@H]3C(=O)c4cccc(O)c4C(=O)[C@H]3CC[C@]2(O)C1. The van der Waals surface area contributed by atoms with Gasteiger partial charge in [-0.15, -0.1) is 0 Å².